The largest absolute Gasteiger partial charge is 0.354 e. The topological polar surface area (TPSA) is 75.9 Å². The minimum absolute atomic E-state index is 0.0872. The maximum absolute atomic E-state index is 11.5. The van der Waals surface area contributed by atoms with Crippen molar-refractivity contribution in [3.8, 4) is 0 Å². The van der Waals surface area contributed by atoms with E-state index in [1.807, 2.05) is 47.3 Å². The van der Waals surface area contributed by atoms with Crippen LogP contribution in [0.5, 0.6) is 0 Å². The number of carbonyl (C=O) groups excluding carboxylic acids is 1. The van der Waals surface area contributed by atoms with Gasteiger partial charge in [0.15, 0.2) is 0 Å². The lowest BCUT2D eigenvalue weighted by Crippen LogP contribution is -2.48. The maximum Gasteiger partial charge on any atom is 0.234 e. The van der Waals surface area contributed by atoms with Crippen molar-refractivity contribution in [2.45, 2.75) is 12.5 Å². The van der Waals surface area contributed by atoms with Gasteiger partial charge < -0.3 is 5.32 Å². The molecule has 7 nitrogen and oxygen atoms in total. The third kappa shape index (κ3) is 4.20. The first-order valence-electron chi connectivity index (χ1n) is 9.15. The summed E-state index contributed by atoms with van der Waals surface area (Å²) in [5.74, 6) is 0.0872. The molecule has 3 heterocycles. The normalized spacial score (nSPS) is 16.1. The highest BCUT2D eigenvalue weighted by atomic mass is 16.2. The van der Waals surface area contributed by atoms with E-state index in [2.05, 4.69) is 37.6 Å². The number of hydrogen-bond acceptors (Lipinski definition) is 5. The van der Waals surface area contributed by atoms with Gasteiger partial charge in [-0.1, -0.05) is 41.6 Å². The summed E-state index contributed by atoms with van der Waals surface area (Å²) in [6, 6.07) is 16.0. The number of aromatic nitrogens is 4. The van der Waals surface area contributed by atoms with E-state index in [9.17, 15) is 4.79 Å². The minimum Gasteiger partial charge on any atom is -0.354 e. The highest BCUT2D eigenvalue weighted by Crippen LogP contribution is 2.24. The first kappa shape index (κ1) is 17.4. The van der Waals surface area contributed by atoms with E-state index in [1.165, 1.54) is 0 Å². The fourth-order valence-electron chi connectivity index (χ4n) is 3.34. The lowest BCUT2D eigenvalue weighted by atomic mass is 10.0. The molecule has 2 aromatic heterocycles. The van der Waals surface area contributed by atoms with Crippen molar-refractivity contribution in [3.63, 3.8) is 0 Å². The molecular formula is C20H22N6O. The molecule has 0 aliphatic carbocycles. The predicted molar refractivity (Wildman–Crippen MR) is 101 cm³/mol. The average Bonchev–Trinajstić information content (AvgIpc) is 3.17. The Bertz CT molecular complexity index is 840. The molecule has 1 aromatic carbocycles. The Balaban J connectivity index is 1.53. The zero-order valence-corrected chi connectivity index (χ0v) is 15.0. The Morgan fingerprint density at radius 2 is 1.96 bits per heavy atom. The number of amides is 1. The summed E-state index contributed by atoms with van der Waals surface area (Å²) in [5, 5.41) is 11.6. The van der Waals surface area contributed by atoms with Gasteiger partial charge in [-0.2, -0.15) is 0 Å². The van der Waals surface area contributed by atoms with E-state index in [4.69, 9.17) is 0 Å². The predicted octanol–water partition coefficient (Wildman–Crippen LogP) is 1.29. The first-order valence-corrected chi connectivity index (χ1v) is 9.15. The highest BCUT2D eigenvalue weighted by molar-refractivity contribution is 5.78. The molecule has 1 fully saturated rings. The maximum atomic E-state index is 11.5. The molecule has 0 radical (unpaired) electrons. The number of nitrogens with one attached hydrogen (secondary N) is 1. The Kier molecular flexibility index (Phi) is 5.20. The van der Waals surface area contributed by atoms with Crippen molar-refractivity contribution >= 4 is 5.91 Å². The van der Waals surface area contributed by atoms with Crippen molar-refractivity contribution < 1.29 is 4.79 Å². The van der Waals surface area contributed by atoms with Gasteiger partial charge in [0.25, 0.3) is 0 Å². The Morgan fingerprint density at radius 3 is 2.74 bits per heavy atom. The van der Waals surface area contributed by atoms with Crippen LogP contribution < -0.4 is 5.32 Å². The summed E-state index contributed by atoms with van der Waals surface area (Å²) in [7, 11) is 0. The van der Waals surface area contributed by atoms with Gasteiger partial charge in [0.05, 0.1) is 17.9 Å². The molecule has 1 aliphatic rings. The molecule has 1 atom stereocenters. The molecule has 0 saturated carbocycles. The fourth-order valence-corrected chi connectivity index (χ4v) is 3.34. The molecule has 1 N–H and O–H groups in total. The zero-order chi connectivity index (χ0) is 18.5. The van der Waals surface area contributed by atoms with Gasteiger partial charge in [0.2, 0.25) is 5.91 Å². The van der Waals surface area contributed by atoms with E-state index < -0.39 is 0 Å². The standard InChI is InChI=1S/C20H22N6O/c27-19-15-25(13-11-22-19)12-9-17-14-26(24-23-17)20(16-6-2-1-3-7-16)18-8-4-5-10-21-18/h1-8,10,14,20H,9,11-13,15H2,(H,22,27). The van der Waals surface area contributed by atoms with E-state index in [0.717, 1.165) is 36.5 Å². The number of benzene rings is 1. The average molecular weight is 362 g/mol. The second-order valence-electron chi connectivity index (χ2n) is 6.63. The highest BCUT2D eigenvalue weighted by Gasteiger charge is 2.20. The lowest BCUT2D eigenvalue weighted by Gasteiger charge is -2.25. The van der Waals surface area contributed by atoms with Crippen LogP contribution in [-0.2, 0) is 11.2 Å². The minimum atomic E-state index is -0.116. The van der Waals surface area contributed by atoms with Crippen molar-refractivity contribution in [2.75, 3.05) is 26.2 Å². The van der Waals surface area contributed by atoms with Crippen molar-refractivity contribution in [2.24, 2.45) is 0 Å². The lowest BCUT2D eigenvalue weighted by molar-refractivity contribution is -0.124. The van der Waals surface area contributed by atoms with Gasteiger partial charge in [0.1, 0.15) is 6.04 Å². The van der Waals surface area contributed by atoms with E-state index >= 15 is 0 Å². The van der Waals surface area contributed by atoms with Gasteiger partial charge in [-0.05, 0) is 17.7 Å². The molecule has 7 heteroatoms. The quantitative estimate of drug-likeness (QED) is 0.715. The second kappa shape index (κ2) is 8.09. The van der Waals surface area contributed by atoms with Crippen molar-refractivity contribution in [1.82, 2.24) is 30.2 Å². The van der Waals surface area contributed by atoms with Crippen LogP contribution in [-0.4, -0.2) is 57.0 Å². The molecule has 0 spiro atoms. The van der Waals surface area contributed by atoms with E-state index in [0.29, 0.717) is 13.1 Å². The molecule has 1 unspecified atom stereocenters. The number of rotatable bonds is 6. The van der Waals surface area contributed by atoms with E-state index in [1.54, 1.807) is 6.20 Å². The Morgan fingerprint density at radius 1 is 1.11 bits per heavy atom. The van der Waals surface area contributed by atoms with Crippen molar-refractivity contribution in [3.05, 3.63) is 77.9 Å². The Labute approximate surface area is 158 Å². The van der Waals surface area contributed by atoms with Gasteiger partial charge in [-0.25, -0.2) is 4.68 Å². The van der Waals surface area contributed by atoms with Crippen LogP contribution in [0.25, 0.3) is 0 Å². The number of pyridine rings is 1. The molecule has 138 valence electrons. The molecule has 27 heavy (non-hydrogen) atoms. The van der Waals surface area contributed by atoms with Crippen LogP contribution in [0.2, 0.25) is 0 Å². The monoisotopic (exact) mass is 362 g/mol. The van der Waals surface area contributed by atoms with Crippen LogP contribution in [0, 0.1) is 0 Å². The fraction of sp³-hybridized carbons (Fsp3) is 0.300. The third-order valence-corrected chi connectivity index (χ3v) is 4.71. The Hall–Kier alpha value is -3.06. The van der Waals surface area contributed by atoms with Crippen LogP contribution in [0.1, 0.15) is 23.0 Å². The summed E-state index contributed by atoms with van der Waals surface area (Å²) in [6.07, 6.45) is 4.54. The van der Waals surface area contributed by atoms with Crippen LogP contribution in [0.4, 0.5) is 0 Å². The molecule has 1 saturated heterocycles. The van der Waals surface area contributed by atoms with Gasteiger partial charge in [-0.3, -0.25) is 14.7 Å². The zero-order valence-electron chi connectivity index (χ0n) is 15.0. The van der Waals surface area contributed by atoms with E-state index in [-0.39, 0.29) is 11.9 Å². The second-order valence-corrected chi connectivity index (χ2v) is 6.63. The summed E-state index contributed by atoms with van der Waals surface area (Å²) >= 11 is 0. The molecular weight excluding hydrogens is 340 g/mol. The van der Waals surface area contributed by atoms with Gasteiger partial charge in [0, 0.05) is 38.4 Å². The number of piperazine rings is 1. The summed E-state index contributed by atoms with van der Waals surface area (Å²) in [5.41, 5.74) is 2.95. The molecule has 0 bridgehead atoms. The smallest absolute Gasteiger partial charge is 0.234 e. The number of hydrogen-bond donors (Lipinski definition) is 1. The number of carbonyl (C=O) groups is 1. The summed E-state index contributed by atoms with van der Waals surface area (Å²) in [6.45, 7) is 2.84. The number of nitrogens with zero attached hydrogens (tertiary/aromatic N) is 5. The molecule has 1 amide bonds. The van der Waals surface area contributed by atoms with Crippen LogP contribution in [0.15, 0.2) is 60.9 Å². The SMILES string of the molecule is O=C1CN(CCc2cn(C(c3ccccc3)c3ccccn3)nn2)CCN1. The third-order valence-electron chi connectivity index (χ3n) is 4.71. The van der Waals surface area contributed by atoms with Gasteiger partial charge in [-0.15, -0.1) is 5.10 Å². The first-order chi connectivity index (χ1) is 13.3. The summed E-state index contributed by atoms with van der Waals surface area (Å²) in [4.78, 5) is 18.2. The summed E-state index contributed by atoms with van der Waals surface area (Å²) < 4.78 is 1.87. The van der Waals surface area contributed by atoms with Crippen LogP contribution >= 0.6 is 0 Å². The van der Waals surface area contributed by atoms with Crippen molar-refractivity contribution in [1.29, 1.82) is 0 Å². The van der Waals surface area contributed by atoms with Gasteiger partial charge >= 0.3 is 0 Å². The molecule has 1 aliphatic heterocycles. The molecule has 4 rings (SSSR count). The van der Waals surface area contributed by atoms with Crippen LogP contribution in [0.3, 0.4) is 0 Å². The molecule has 3 aromatic rings.